The summed E-state index contributed by atoms with van der Waals surface area (Å²) in [6.45, 7) is 5.77. The Morgan fingerprint density at radius 1 is 1.33 bits per heavy atom. The number of amidine groups is 1. The number of methoxy groups -OCH3 is 1. The van der Waals surface area contributed by atoms with E-state index in [0.29, 0.717) is 11.9 Å². The maximum atomic E-state index is 5.76. The third-order valence-corrected chi connectivity index (χ3v) is 6.45. The van der Waals surface area contributed by atoms with E-state index in [-0.39, 0.29) is 12.1 Å². The fourth-order valence-corrected chi connectivity index (χ4v) is 5.34. The van der Waals surface area contributed by atoms with Crippen LogP contribution in [-0.4, -0.2) is 40.6 Å². The van der Waals surface area contributed by atoms with Gasteiger partial charge in [-0.25, -0.2) is 0 Å². The molecule has 2 aliphatic heterocycles. The van der Waals surface area contributed by atoms with Crippen molar-refractivity contribution >= 4 is 32.9 Å². The van der Waals surface area contributed by atoms with Crippen LogP contribution in [0.5, 0.6) is 11.5 Å². The normalized spacial score (nSPS) is 23.9. The summed E-state index contributed by atoms with van der Waals surface area (Å²) >= 11 is 5.50. The maximum Gasteiger partial charge on any atom is 0.175 e. The van der Waals surface area contributed by atoms with Crippen molar-refractivity contribution in [1.29, 1.82) is 0 Å². The number of thioether (sulfide) groups is 1. The van der Waals surface area contributed by atoms with E-state index in [1.54, 1.807) is 7.11 Å². The van der Waals surface area contributed by atoms with Gasteiger partial charge in [-0.2, -0.15) is 0 Å². The topological polar surface area (TPSA) is 47.0 Å². The third kappa shape index (κ3) is 3.43. The van der Waals surface area contributed by atoms with Gasteiger partial charge in [-0.3, -0.25) is 9.98 Å². The molecule has 0 aliphatic carbocycles. The standard InChI is InChI=1S/C20H22BrN3O2S/c1-4-26-19-14(21)9-13(10-16(19)25-3)18-17(15-7-5-6-8-22-15)23-20-24(18)11-12(2)27-20/h5-10,12,17-18H,4,11H2,1-3H3/t12-,17-,18-/m1/s1. The molecular weight excluding hydrogens is 426 g/mol. The molecule has 0 radical (unpaired) electrons. The molecule has 5 nitrogen and oxygen atoms in total. The van der Waals surface area contributed by atoms with Crippen LogP contribution in [0, 0.1) is 0 Å². The first-order chi connectivity index (χ1) is 13.1. The number of hydrogen-bond acceptors (Lipinski definition) is 6. The lowest BCUT2D eigenvalue weighted by Crippen LogP contribution is -2.28. The first kappa shape index (κ1) is 18.6. The molecular formula is C20H22BrN3O2S. The summed E-state index contributed by atoms with van der Waals surface area (Å²) in [7, 11) is 1.68. The smallest absolute Gasteiger partial charge is 0.175 e. The van der Waals surface area contributed by atoms with Crippen molar-refractivity contribution in [1.82, 2.24) is 9.88 Å². The lowest BCUT2D eigenvalue weighted by Gasteiger charge is -2.28. The number of nitrogens with zero attached hydrogens (tertiary/aromatic N) is 3. The largest absolute Gasteiger partial charge is 0.493 e. The van der Waals surface area contributed by atoms with Gasteiger partial charge in [0.25, 0.3) is 0 Å². The summed E-state index contributed by atoms with van der Waals surface area (Å²) in [6, 6.07) is 10.3. The van der Waals surface area contributed by atoms with Crippen LogP contribution in [0.15, 0.2) is 46.0 Å². The Bertz CT molecular complexity index is 862. The van der Waals surface area contributed by atoms with E-state index < -0.39 is 0 Å². The highest BCUT2D eigenvalue weighted by molar-refractivity contribution is 9.10. The minimum absolute atomic E-state index is 0.0317. The minimum Gasteiger partial charge on any atom is -0.493 e. The second kappa shape index (κ2) is 7.72. The number of aliphatic imine (C=N–C) groups is 1. The van der Waals surface area contributed by atoms with Gasteiger partial charge in [0.1, 0.15) is 6.04 Å². The molecule has 27 heavy (non-hydrogen) atoms. The van der Waals surface area contributed by atoms with E-state index in [2.05, 4.69) is 50.9 Å². The Morgan fingerprint density at radius 3 is 2.89 bits per heavy atom. The lowest BCUT2D eigenvalue weighted by molar-refractivity contribution is 0.302. The molecule has 142 valence electrons. The van der Waals surface area contributed by atoms with Gasteiger partial charge in [-0.05, 0) is 52.7 Å². The molecule has 1 aromatic carbocycles. The maximum absolute atomic E-state index is 5.76. The third-order valence-electron chi connectivity index (χ3n) is 4.76. The number of benzene rings is 1. The van der Waals surface area contributed by atoms with Gasteiger partial charge < -0.3 is 14.4 Å². The number of pyridine rings is 1. The highest BCUT2D eigenvalue weighted by Crippen LogP contribution is 2.49. The number of fused-ring (bicyclic) bond motifs is 1. The van der Waals surface area contributed by atoms with Crippen molar-refractivity contribution in [2.24, 2.45) is 4.99 Å². The van der Waals surface area contributed by atoms with Crippen molar-refractivity contribution in [3.8, 4) is 11.5 Å². The molecule has 0 amide bonds. The predicted molar refractivity (Wildman–Crippen MR) is 113 cm³/mol. The molecule has 2 aliphatic rings. The van der Waals surface area contributed by atoms with Crippen LogP contribution in [0.2, 0.25) is 0 Å². The van der Waals surface area contributed by atoms with Gasteiger partial charge >= 0.3 is 0 Å². The molecule has 0 spiro atoms. The quantitative estimate of drug-likeness (QED) is 0.655. The Hall–Kier alpha value is -1.73. The molecule has 3 heterocycles. The van der Waals surface area contributed by atoms with Crippen LogP contribution in [0.25, 0.3) is 0 Å². The molecule has 0 saturated carbocycles. The number of halogens is 1. The molecule has 1 aromatic heterocycles. The van der Waals surface area contributed by atoms with Gasteiger partial charge in [0, 0.05) is 18.0 Å². The number of hydrogen-bond donors (Lipinski definition) is 0. The predicted octanol–water partition coefficient (Wildman–Crippen LogP) is 4.84. The zero-order valence-corrected chi connectivity index (χ0v) is 18.0. The second-order valence-electron chi connectivity index (χ2n) is 6.60. The lowest BCUT2D eigenvalue weighted by atomic mass is 9.96. The van der Waals surface area contributed by atoms with Gasteiger partial charge in [-0.1, -0.05) is 24.8 Å². The van der Waals surface area contributed by atoms with Crippen LogP contribution in [0.3, 0.4) is 0 Å². The Kier molecular flexibility index (Phi) is 5.32. The van der Waals surface area contributed by atoms with Gasteiger partial charge in [0.15, 0.2) is 16.7 Å². The summed E-state index contributed by atoms with van der Waals surface area (Å²) in [5.74, 6) is 1.47. The second-order valence-corrected chi connectivity index (χ2v) is 8.86. The van der Waals surface area contributed by atoms with E-state index >= 15 is 0 Å². The van der Waals surface area contributed by atoms with Crippen molar-refractivity contribution in [3.05, 3.63) is 52.3 Å². The van der Waals surface area contributed by atoms with Crippen LogP contribution in [0.1, 0.15) is 37.2 Å². The SMILES string of the molecule is CCOc1c(Br)cc([C@@H]2[C@@H](c3ccccn3)N=C3S[C@H](C)CN32)cc1OC. The molecule has 0 N–H and O–H groups in total. The first-order valence-electron chi connectivity index (χ1n) is 9.04. The van der Waals surface area contributed by atoms with Crippen molar-refractivity contribution < 1.29 is 9.47 Å². The summed E-state index contributed by atoms with van der Waals surface area (Å²) in [5.41, 5.74) is 2.13. The van der Waals surface area contributed by atoms with Gasteiger partial charge in [-0.15, -0.1) is 0 Å². The van der Waals surface area contributed by atoms with Crippen LogP contribution >= 0.6 is 27.7 Å². The van der Waals surface area contributed by atoms with Crippen LogP contribution < -0.4 is 9.47 Å². The van der Waals surface area contributed by atoms with E-state index in [0.717, 1.165) is 38.9 Å². The number of aromatic nitrogens is 1. The Balaban J connectivity index is 1.79. The zero-order chi connectivity index (χ0) is 19.0. The number of rotatable bonds is 5. The molecule has 1 fully saturated rings. The van der Waals surface area contributed by atoms with E-state index in [4.69, 9.17) is 14.5 Å². The Labute approximate surface area is 172 Å². The van der Waals surface area contributed by atoms with Gasteiger partial charge in [0.2, 0.25) is 0 Å². The summed E-state index contributed by atoms with van der Waals surface area (Å²) in [6.07, 6.45) is 1.83. The summed E-state index contributed by atoms with van der Waals surface area (Å²) in [4.78, 5) is 12.0. The monoisotopic (exact) mass is 447 g/mol. The number of ether oxygens (including phenoxy) is 2. The van der Waals surface area contributed by atoms with E-state index in [1.165, 1.54) is 0 Å². The average molecular weight is 448 g/mol. The fourth-order valence-electron chi connectivity index (χ4n) is 3.67. The molecule has 0 unspecified atom stereocenters. The molecule has 0 bridgehead atoms. The highest BCUT2D eigenvalue weighted by Gasteiger charge is 2.43. The van der Waals surface area contributed by atoms with Crippen LogP contribution in [0.4, 0.5) is 0 Å². The summed E-state index contributed by atoms with van der Waals surface area (Å²) in [5, 5.41) is 1.64. The van der Waals surface area contributed by atoms with E-state index in [1.807, 2.05) is 37.0 Å². The Morgan fingerprint density at radius 2 is 2.19 bits per heavy atom. The van der Waals surface area contributed by atoms with Gasteiger partial charge in [0.05, 0.1) is 29.9 Å². The highest BCUT2D eigenvalue weighted by atomic mass is 79.9. The van der Waals surface area contributed by atoms with Crippen molar-refractivity contribution in [2.45, 2.75) is 31.2 Å². The average Bonchev–Trinajstić information content (AvgIpc) is 3.20. The molecule has 3 atom stereocenters. The first-order valence-corrected chi connectivity index (χ1v) is 10.7. The van der Waals surface area contributed by atoms with Crippen molar-refractivity contribution in [3.63, 3.8) is 0 Å². The van der Waals surface area contributed by atoms with E-state index in [9.17, 15) is 0 Å². The van der Waals surface area contributed by atoms with Crippen molar-refractivity contribution in [2.75, 3.05) is 20.3 Å². The summed E-state index contributed by atoms with van der Waals surface area (Å²) < 4.78 is 12.3. The molecule has 2 aromatic rings. The minimum atomic E-state index is -0.0317. The zero-order valence-electron chi connectivity index (χ0n) is 15.6. The molecule has 4 rings (SSSR count). The van der Waals surface area contributed by atoms with Crippen LogP contribution in [-0.2, 0) is 0 Å². The molecule has 7 heteroatoms. The molecule has 1 saturated heterocycles. The fraction of sp³-hybridized carbons (Fsp3) is 0.400.